The summed E-state index contributed by atoms with van der Waals surface area (Å²) in [7, 11) is 4.07. The van der Waals surface area contributed by atoms with E-state index in [1.165, 1.54) is 0 Å². The van der Waals surface area contributed by atoms with Crippen molar-refractivity contribution in [3.8, 4) is 0 Å². The van der Waals surface area contributed by atoms with Crippen LogP contribution in [-0.4, -0.2) is 66.5 Å². The fourth-order valence-electron chi connectivity index (χ4n) is 3.47. The van der Waals surface area contributed by atoms with Gasteiger partial charge in [-0.15, -0.1) is 0 Å². The quantitative estimate of drug-likeness (QED) is 0.847. The third-order valence-electron chi connectivity index (χ3n) is 5.47. The third kappa shape index (κ3) is 5.47. The van der Waals surface area contributed by atoms with Gasteiger partial charge < -0.3 is 14.9 Å². The van der Waals surface area contributed by atoms with Crippen molar-refractivity contribution in [2.24, 2.45) is 11.8 Å². The van der Waals surface area contributed by atoms with Gasteiger partial charge in [-0.25, -0.2) is 4.39 Å². The number of halogens is 1. The van der Waals surface area contributed by atoms with Crippen LogP contribution < -0.4 is 0 Å². The highest BCUT2D eigenvalue weighted by molar-refractivity contribution is 4.89. The van der Waals surface area contributed by atoms with Crippen molar-refractivity contribution in [1.29, 1.82) is 0 Å². The molecule has 3 nitrogen and oxygen atoms in total. The van der Waals surface area contributed by atoms with E-state index in [2.05, 4.69) is 30.7 Å². The average Bonchev–Trinajstić information content (AvgIpc) is 2.38. The molecule has 0 spiro atoms. The molecule has 0 radical (unpaired) electrons. The summed E-state index contributed by atoms with van der Waals surface area (Å²) in [6, 6.07) is 0. The molecule has 0 aromatic rings. The minimum atomic E-state index is -0.924. The van der Waals surface area contributed by atoms with Crippen molar-refractivity contribution in [2.75, 3.05) is 40.3 Å². The first kappa shape index (κ1) is 19.9. The molecule has 2 unspecified atom stereocenters. The smallest absolute Gasteiger partial charge is 0.126 e. The van der Waals surface area contributed by atoms with Gasteiger partial charge in [0.15, 0.2) is 0 Å². The van der Waals surface area contributed by atoms with Crippen molar-refractivity contribution in [2.45, 2.75) is 64.6 Å². The summed E-state index contributed by atoms with van der Waals surface area (Å²) in [6.45, 7) is 11.8. The minimum Gasteiger partial charge on any atom is -0.388 e. The zero-order chi connectivity index (χ0) is 17.0. The minimum absolute atomic E-state index is 0.158. The summed E-state index contributed by atoms with van der Waals surface area (Å²) in [6.07, 6.45) is 3.85. The summed E-state index contributed by atoms with van der Waals surface area (Å²) in [4.78, 5) is 4.30. The van der Waals surface area contributed by atoms with E-state index in [1.54, 1.807) is 0 Å². The highest BCUT2D eigenvalue weighted by Crippen LogP contribution is 2.31. The molecule has 0 aromatic carbocycles. The predicted molar refractivity (Wildman–Crippen MR) is 91.9 cm³/mol. The fraction of sp³-hybridized carbons (Fsp3) is 1.00. The van der Waals surface area contributed by atoms with Crippen molar-refractivity contribution >= 4 is 0 Å². The van der Waals surface area contributed by atoms with Crippen LogP contribution in [0.5, 0.6) is 0 Å². The number of likely N-dealkylation sites (N-methyl/N-ethyl adjacent to an activating group) is 1. The average molecular weight is 317 g/mol. The summed E-state index contributed by atoms with van der Waals surface area (Å²) in [5.41, 5.74) is -1.35. The van der Waals surface area contributed by atoms with E-state index in [1.807, 2.05) is 20.9 Å². The number of rotatable bonds is 2. The Bertz CT molecular complexity index is 305. The predicted octanol–water partition coefficient (Wildman–Crippen LogP) is 3.18. The number of hydrogen-bond donors (Lipinski definition) is 1. The second-order valence-corrected chi connectivity index (χ2v) is 8.13. The number of aliphatic hydroxyl groups is 1. The Morgan fingerprint density at radius 3 is 1.68 bits per heavy atom. The molecular formula is C18H37FN2O. The maximum Gasteiger partial charge on any atom is 0.126 e. The van der Waals surface area contributed by atoms with Crippen LogP contribution in [0.1, 0.15) is 53.4 Å². The van der Waals surface area contributed by atoms with Crippen LogP contribution in [0.15, 0.2) is 0 Å². The summed E-state index contributed by atoms with van der Waals surface area (Å²) < 4.78 is 13.9. The van der Waals surface area contributed by atoms with Crippen molar-refractivity contribution in [3.05, 3.63) is 0 Å². The summed E-state index contributed by atoms with van der Waals surface area (Å²) in [5.74, 6) is 0.537. The van der Waals surface area contributed by atoms with Gasteiger partial charge >= 0.3 is 0 Å². The molecular weight excluding hydrogens is 279 g/mol. The van der Waals surface area contributed by atoms with Gasteiger partial charge in [0, 0.05) is 13.1 Å². The summed E-state index contributed by atoms with van der Waals surface area (Å²) in [5, 5.41) is 10.1. The molecule has 0 aromatic heterocycles. The van der Waals surface area contributed by atoms with Crippen molar-refractivity contribution in [3.63, 3.8) is 0 Å². The maximum absolute atomic E-state index is 13.9. The first-order chi connectivity index (χ1) is 10.1. The lowest BCUT2D eigenvalue weighted by molar-refractivity contribution is -0.0583. The standard InChI is InChI=1S/C9H18FN.C9H19NO/c1-8(2)9(10)5-4-6-11(3)7-9;1-8(2)9(11)5-4-6-10(3)7-9/h8H,4-7H2,1-3H3;8,11H,4-7H2,1-3H3. The Kier molecular flexibility index (Phi) is 7.28. The lowest BCUT2D eigenvalue weighted by Gasteiger charge is -2.40. The van der Waals surface area contributed by atoms with Gasteiger partial charge in [0.25, 0.3) is 0 Å². The highest BCUT2D eigenvalue weighted by atomic mass is 19.1. The molecule has 0 bridgehead atoms. The molecule has 1 N–H and O–H groups in total. The molecule has 132 valence electrons. The van der Waals surface area contributed by atoms with Gasteiger partial charge in [0.2, 0.25) is 0 Å². The second kappa shape index (κ2) is 8.07. The number of alkyl halides is 1. The SMILES string of the molecule is CC(C)C1(F)CCCN(C)C1.CC(C)C1(O)CCCN(C)C1. The lowest BCUT2D eigenvalue weighted by atomic mass is 9.83. The normalized spacial score (nSPS) is 34.6. The molecule has 0 aliphatic carbocycles. The maximum atomic E-state index is 13.9. The van der Waals surface area contributed by atoms with Crippen LogP contribution in [0.25, 0.3) is 0 Å². The van der Waals surface area contributed by atoms with Crippen LogP contribution in [-0.2, 0) is 0 Å². The number of likely N-dealkylation sites (tertiary alicyclic amines) is 2. The van der Waals surface area contributed by atoms with Crippen LogP contribution >= 0.6 is 0 Å². The largest absolute Gasteiger partial charge is 0.388 e. The first-order valence-corrected chi connectivity index (χ1v) is 8.87. The van der Waals surface area contributed by atoms with Gasteiger partial charge in [-0.3, -0.25) is 0 Å². The Balaban J connectivity index is 0.000000220. The number of piperidine rings is 2. The van der Waals surface area contributed by atoms with Crippen LogP contribution in [0, 0.1) is 11.8 Å². The van der Waals surface area contributed by atoms with Gasteiger partial charge in [-0.2, -0.15) is 0 Å². The molecule has 0 amide bonds. The van der Waals surface area contributed by atoms with E-state index >= 15 is 0 Å². The zero-order valence-electron chi connectivity index (χ0n) is 15.5. The number of nitrogens with zero attached hydrogens (tertiary/aromatic N) is 2. The second-order valence-electron chi connectivity index (χ2n) is 8.13. The Morgan fingerprint density at radius 1 is 0.864 bits per heavy atom. The van der Waals surface area contributed by atoms with Crippen LogP contribution in [0.3, 0.4) is 0 Å². The topological polar surface area (TPSA) is 26.7 Å². The van der Waals surface area contributed by atoms with Crippen molar-refractivity contribution < 1.29 is 9.50 Å². The summed E-state index contributed by atoms with van der Waals surface area (Å²) >= 11 is 0. The zero-order valence-corrected chi connectivity index (χ0v) is 15.5. The number of β-amino-alcohol motifs (C(OH)–C–C–N with tert-alkyl or cyclic N) is 1. The van der Waals surface area contributed by atoms with Gasteiger partial charge in [-0.1, -0.05) is 27.7 Å². The molecule has 2 fully saturated rings. The lowest BCUT2D eigenvalue weighted by Crippen LogP contribution is -2.49. The molecule has 4 heteroatoms. The van der Waals surface area contributed by atoms with Gasteiger partial charge in [0.1, 0.15) is 5.67 Å². The molecule has 2 atom stereocenters. The van der Waals surface area contributed by atoms with E-state index in [0.29, 0.717) is 12.5 Å². The van der Waals surface area contributed by atoms with E-state index in [4.69, 9.17) is 0 Å². The third-order valence-corrected chi connectivity index (χ3v) is 5.47. The van der Waals surface area contributed by atoms with E-state index in [-0.39, 0.29) is 5.92 Å². The molecule has 2 saturated heterocycles. The fourth-order valence-corrected chi connectivity index (χ4v) is 3.47. The van der Waals surface area contributed by atoms with E-state index in [0.717, 1.165) is 45.3 Å². The Hall–Kier alpha value is -0.190. The molecule has 2 heterocycles. The van der Waals surface area contributed by atoms with Crippen molar-refractivity contribution in [1.82, 2.24) is 9.80 Å². The van der Waals surface area contributed by atoms with Crippen LogP contribution in [0.4, 0.5) is 4.39 Å². The van der Waals surface area contributed by atoms with Gasteiger partial charge in [0.05, 0.1) is 5.60 Å². The first-order valence-electron chi connectivity index (χ1n) is 8.87. The highest BCUT2D eigenvalue weighted by Gasteiger charge is 2.37. The molecule has 2 aliphatic rings. The van der Waals surface area contributed by atoms with Gasteiger partial charge in [-0.05, 0) is 64.7 Å². The molecule has 2 aliphatic heterocycles. The molecule has 2 rings (SSSR count). The number of hydrogen-bond acceptors (Lipinski definition) is 3. The Labute approximate surface area is 136 Å². The van der Waals surface area contributed by atoms with E-state index in [9.17, 15) is 9.50 Å². The molecule has 22 heavy (non-hydrogen) atoms. The monoisotopic (exact) mass is 316 g/mol. The molecule has 0 saturated carbocycles. The Morgan fingerprint density at radius 2 is 1.36 bits per heavy atom. The van der Waals surface area contributed by atoms with E-state index < -0.39 is 11.3 Å². The van der Waals surface area contributed by atoms with Crippen LogP contribution in [0.2, 0.25) is 0 Å².